The highest BCUT2D eigenvalue weighted by molar-refractivity contribution is 6.20. The van der Waals surface area contributed by atoms with Gasteiger partial charge in [0.05, 0.1) is 0 Å². The molecule has 1 aliphatic heterocycles. The zero-order chi connectivity index (χ0) is 11.0. The van der Waals surface area contributed by atoms with E-state index in [1.807, 2.05) is 0 Å². The summed E-state index contributed by atoms with van der Waals surface area (Å²) in [7, 11) is 0. The van der Waals surface area contributed by atoms with E-state index in [4.69, 9.17) is 11.6 Å². The van der Waals surface area contributed by atoms with E-state index < -0.39 is 17.7 Å². The van der Waals surface area contributed by atoms with Gasteiger partial charge in [-0.05, 0) is 6.42 Å². The number of fused-ring (bicyclic) bond motifs is 1. The van der Waals surface area contributed by atoms with Crippen molar-refractivity contribution in [3.05, 3.63) is 15.3 Å². The molecule has 8 heteroatoms. The highest BCUT2D eigenvalue weighted by Crippen LogP contribution is 2.26. The lowest BCUT2D eigenvalue weighted by Crippen LogP contribution is -2.67. The number of hydroxylamine groups is 1. The van der Waals surface area contributed by atoms with E-state index in [1.165, 1.54) is 0 Å². The van der Waals surface area contributed by atoms with Crippen LogP contribution in [0.5, 0.6) is 0 Å². The minimum atomic E-state index is -0.613. The van der Waals surface area contributed by atoms with E-state index in [-0.39, 0.29) is 17.4 Å². The molecular weight excluding hydrogens is 224 g/mol. The summed E-state index contributed by atoms with van der Waals surface area (Å²) in [5, 5.41) is 25.7. The lowest BCUT2D eigenvalue weighted by atomic mass is 9.87. The Bertz CT molecular complexity index is 267. The summed E-state index contributed by atoms with van der Waals surface area (Å²) in [6.45, 7) is 0. The summed E-state index contributed by atoms with van der Waals surface area (Å²) in [6.07, 6.45) is 1.38. The third kappa shape index (κ3) is 2.21. The van der Waals surface area contributed by atoms with Gasteiger partial charge in [-0.15, -0.1) is 0 Å². The molecule has 2 rings (SSSR count). The zero-order valence-electron chi connectivity index (χ0n) is 7.93. The average molecular weight is 236 g/mol. The van der Waals surface area contributed by atoms with Gasteiger partial charge in [0, 0.05) is 29.8 Å². The van der Waals surface area contributed by atoms with Crippen LogP contribution in [0.25, 0.3) is 0 Å². The quantitative estimate of drug-likeness (QED) is 0.287. The van der Waals surface area contributed by atoms with E-state index in [2.05, 4.69) is 10.7 Å². The van der Waals surface area contributed by atoms with E-state index in [1.54, 1.807) is 0 Å². The molecule has 0 aromatic heterocycles. The van der Waals surface area contributed by atoms with Crippen molar-refractivity contribution < 1.29 is 4.92 Å². The average Bonchev–Trinajstić information content (AvgIpc) is 2.16. The van der Waals surface area contributed by atoms with Crippen molar-refractivity contribution in [2.24, 2.45) is 0 Å². The van der Waals surface area contributed by atoms with Gasteiger partial charge >= 0.3 is 0 Å². The molecular formula is C7H12ClN4O3-. The second-order valence-electron chi connectivity index (χ2n) is 3.91. The standard InChI is InChI=1S/C7H12ClN4O3/c8-7-9-5-2-1-4(12(14)15)3-6(5)11(13)10-7/h4-7,9-10H,1-3H2/q-1. The van der Waals surface area contributed by atoms with Gasteiger partial charge in [0.2, 0.25) is 6.04 Å². The summed E-state index contributed by atoms with van der Waals surface area (Å²) in [5.41, 5.74) is 1.86. The molecule has 2 fully saturated rings. The van der Waals surface area contributed by atoms with Crippen LogP contribution in [-0.4, -0.2) is 33.8 Å². The van der Waals surface area contributed by atoms with Crippen molar-refractivity contribution in [3.63, 3.8) is 0 Å². The lowest BCUT2D eigenvalue weighted by Gasteiger charge is -2.50. The Balaban J connectivity index is 2.03. The van der Waals surface area contributed by atoms with Crippen LogP contribution in [0, 0.1) is 15.3 Å². The molecule has 4 unspecified atom stereocenters. The van der Waals surface area contributed by atoms with Crippen molar-refractivity contribution in [1.29, 1.82) is 0 Å². The number of hydrazine groups is 1. The summed E-state index contributed by atoms with van der Waals surface area (Å²) in [4.78, 5) is 10.3. The topological polar surface area (TPSA) is 93.5 Å². The van der Waals surface area contributed by atoms with Gasteiger partial charge in [0.1, 0.15) is 5.62 Å². The van der Waals surface area contributed by atoms with Crippen LogP contribution >= 0.6 is 11.6 Å². The number of halogens is 1. The molecule has 1 heterocycles. The van der Waals surface area contributed by atoms with E-state index in [9.17, 15) is 15.3 Å². The van der Waals surface area contributed by atoms with Crippen molar-refractivity contribution in [1.82, 2.24) is 15.9 Å². The molecule has 1 aliphatic carbocycles. The van der Waals surface area contributed by atoms with Crippen LogP contribution in [0.4, 0.5) is 0 Å². The van der Waals surface area contributed by atoms with Gasteiger partial charge in [-0.2, -0.15) is 0 Å². The highest BCUT2D eigenvalue weighted by atomic mass is 35.5. The molecule has 0 bridgehead atoms. The molecule has 0 aromatic rings. The fourth-order valence-corrected chi connectivity index (χ4v) is 2.46. The molecule has 15 heavy (non-hydrogen) atoms. The van der Waals surface area contributed by atoms with E-state index in [0.29, 0.717) is 18.0 Å². The fourth-order valence-electron chi connectivity index (χ4n) is 2.20. The van der Waals surface area contributed by atoms with Gasteiger partial charge in [0.15, 0.2) is 0 Å². The largest absolute Gasteiger partial charge is 0.771 e. The first-order chi connectivity index (χ1) is 7.08. The van der Waals surface area contributed by atoms with Crippen molar-refractivity contribution in [2.45, 2.75) is 43.0 Å². The van der Waals surface area contributed by atoms with Crippen LogP contribution < -0.4 is 10.7 Å². The van der Waals surface area contributed by atoms with Crippen molar-refractivity contribution in [2.75, 3.05) is 0 Å². The Labute approximate surface area is 91.5 Å². The minimum Gasteiger partial charge on any atom is -0.771 e. The monoisotopic (exact) mass is 235 g/mol. The summed E-state index contributed by atoms with van der Waals surface area (Å²) in [6, 6.07) is -1.07. The predicted molar refractivity (Wildman–Crippen MR) is 53.3 cm³/mol. The minimum absolute atomic E-state index is 0.0533. The van der Waals surface area contributed by atoms with Crippen LogP contribution in [0.1, 0.15) is 19.3 Å². The number of alkyl halides is 1. The molecule has 86 valence electrons. The molecule has 4 atom stereocenters. The second kappa shape index (κ2) is 4.18. The number of nitrogens with zero attached hydrogens (tertiary/aromatic N) is 2. The molecule has 0 amide bonds. The van der Waals surface area contributed by atoms with E-state index in [0.717, 1.165) is 0 Å². The predicted octanol–water partition coefficient (Wildman–Crippen LogP) is -0.0172. The Morgan fingerprint density at radius 2 is 2.20 bits per heavy atom. The third-order valence-electron chi connectivity index (χ3n) is 2.99. The van der Waals surface area contributed by atoms with E-state index >= 15 is 0 Å². The first-order valence-corrected chi connectivity index (χ1v) is 5.27. The molecule has 2 N–H and O–H groups in total. The van der Waals surface area contributed by atoms with Gasteiger partial charge in [0.25, 0.3) is 0 Å². The Morgan fingerprint density at radius 3 is 2.87 bits per heavy atom. The van der Waals surface area contributed by atoms with Crippen LogP contribution in [0.15, 0.2) is 0 Å². The Hall–Kier alpha value is -0.470. The Kier molecular flexibility index (Phi) is 3.08. The Morgan fingerprint density at radius 1 is 1.47 bits per heavy atom. The highest BCUT2D eigenvalue weighted by Gasteiger charge is 2.40. The number of hydrogen-bond acceptors (Lipinski definition) is 6. The van der Waals surface area contributed by atoms with Gasteiger partial charge < -0.3 is 10.4 Å². The maximum Gasteiger partial charge on any atom is 0.214 e. The van der Waals surface area contributed by atoms with Gasteiger partial charge in [-0.1, -0.05) is 11.6 Å². The molecule has 0 aromatic carbocycles. The third-order valence-corrected chi connectivity index (χ3v) is 3.21. The molecule has 0 radical (unpaired) electrons. The number of nitro groups is 1. The van der Waals surface area contributed by atoms with Crippen molar-refractivity contribution in [3.8, 4) is 0 Å². The zero-order valence-corrected chi connectivity index (χ0v) is 8.68. The van der Waals surface area contributed by atoms with Crippen molar-refractivity contribution >= 4 is 11.6 Å². The SMILES string of the molecule is O=[N+]([O-])C1CCC2NC(Cl)NN([O-])C2C1. The number of nitrogens with one attached hydrogen (secondary N) is 2. The van der Waals surface area contributed by atoms with Gasteiger partial charge in [-0.25, -0.2) is 5.43 Å². The first kappa shape index (κ1) is 11.0. The normalized spacial score (nSPS) is 42.3. The molecule has 1 saturated carbocycles. The maximum atomic E-state index is 11.5. The molecule has 1 saturated heterocycles. The molecule has 2 aliphatic rings. The summed E-state index contributed by atoms with van der Waals surface area (Å²) < 4.78 is 0. The number of hydrogen-bond donors (Lipinski definition) is 2. The second-order valence-corrected chi connectivity index (χ2v) is 4.35. The summed E-state index contributed by atoms with van der Waals surface area (Å²) >= 11 is 5.73. The fraction of sp³-hybridized carbons (Fsp3) is 1.00. The maximum absolute atomic E-state index is 11.5. The van der Waals surface area contributed by atoms with Crippen LogP contribution in [-0.2, 0) is 0 Å². The van der Waals surface area contributed by atoms with Crippen LogP contribution in [0.2, 0.25) is 0 Å². The lowest BCUT2D eigenvalue weighted by molar-refractivity contribution is -0.528. The number of rotatable bonds is 1. The molecule has 0 spiro atoms. The molecule has 7 nitrogen and oxygen atoms in total. The van der Waals surface area contributed by atoms with Gasteiger partial charge in [-0.3, -0.25) is 15.4 Å². The summed E-state index contributed by atoms with van der Waals surface area (Å²) in [5.74, 6) is 0. The van der Waals surface area contributed by atoms with Crippen LogP contribution in [0.3, 0.4) is 0 Å². The smallest absolute Gasteiger partial charge is 0.214 e. The first-order valence-electron chi connectivity index (χ1n) is 4.84.